The Hall–Kier alpha value is 0.534. The van der Waals surface area contributed by atoms with Gasteiger partial charge in [0.1, 0.15) is 21.0 Å². The average Bonchev–Trinajstić information content (AvgIpc) is 2.78. The summed E-state index contributed by atoms with van der Waals surface area (Å²) in [6.45, 7) is 11.3. The van der Waals surface area contributed by atoms with E-state index in [-0.39, 0.29) is 10.8 Å². The van der Waals surface area contributed by atoms with E-state index in [1.165, 1.54) is 0 Å². The second-order valence-corrected chi connectivity index (χ2v) is 9.05. The second-order valence-electron chi connectivity index (χ2n) is 6.00. The predicted octanol–water partition coefficient (Wildman–Crippen LogP) is 2.72. The maximum Gasteiger partial charge on any atom is 0.182 e. The van der Waals surface area contributed by atoms with Gasteiger partial charge in [0.25, 0.3) is 0 Å². The first-order valence-electron chi connectivity index (χ1n) is 6.54. The minimum atomic E-state index is -0.635. The monoisotopic (exact) mass is 380 g/mol. The standard InChI is InChI=1S/C13H25BrO2SSi2/c1-6-11(2,3)12(4,5)13(15-18,16-19)9-7-8-17-10(9)14/h7-8H,6H2,1-5,18-19H3. The van der Waals surface area contributed by atoms with Crippen molar-refractivity contribution < 1.29 is 8.85 Å². The van der Waals surface area contributed by atoms with Crippen LogP contribution in [0.1, 0.15) is 46.6 Å². The van der Waals surface area contributed by atoms with Crippen LogP contribution in [0.4, 0.5) is 0 Å². The number of thiophene rings is 1. The molecular weight excluding hydrogens is 356 g/mol. The smallest absolute Gasteiger partial charge is 0.182 e. The van der Waals surface area contributed by atoms with E-state index in [9.17, 15) is 0 Å². The molecule has 0 radical (unpaired) electrons. The van der Waals surface area contributed by atoms with E-state index in [1.807, 2.05) is 0 Å². The highest BCUT2D eigenvalue weighted by Crippen LogP contribution is 2.56. The number of rotatable bonds is 6. The molecule has 1 heterocycles. The maximum absolute atomic E-state index is 6.09. The van der Waals surface area contributed by atoms with Crippen molar-refractivity contribution in [1.29, 1.82) is 0 Å². The Balaban J connectivity index is 3.47. The Bertz CT molecular complexity index is 428. The van der Waals surface area contributed by atoms with Crippen LogP contribution in [-0.4, -0.2) is 21.0 Å². The Morgan fingerprint density at radius 3 is 2.05 bits per heavy atom. The zero-order chi connectivity index (χ0) is 14.9. The van der Waals surface area contributed by atoms with Crippen LogP contribution in [0.25, 0.3) is 0 Å². The molecule has 0 atom stereocenters. The van der Waals surface area contributed by atoms with Crippen LogP contribution in [0.3, 0.4) is 0 Å². The van der Waals surface area contributed by atoms with Crippen molar-refractivity contribution in [3.05, 3.63) is 20.8 Å². The van der Waals surface area contributed by atoms with E-state index in [2.05, 4.69) is 62.0 Å². The zero-order valence-corrected chi connectivity index (χ0v) is 19.4. The van der Waals surface area contributed by atoms with Gasteiger partial charge < -0.3 is 8.85 Å². The van der Waals surface area contributed by atoms with Crippen LogP contribution in [0.5, 0.6) is 0 Å². The van der Waals surface area contributed by atoms with Gasteiger partial charge in [0, 0.05) is 11.0 Å². The Kier molecular flexibility index (Phi) is 5.66. The first-order chi connectivity index (χ1) is 8.70. The van der Waals surface area contributed by atoms with Gasteiger partial charge in [-0.05, 0) is 32.8 Å². The number of halogens is 1. The molecule has 0 bridgehead atoms. The summed E-state index contributed by atoms with van der Waals surface area (Å²) >= 11 is 5.34. The quantitative estimate of drug-likeness (QED) is 0.557. The molecule has 110 valence electrons. The molecule has 0 saturated heterocycles. The molecule has 0 aliphatic rings. The molecule has 19 heavy (non-hydrogen) atoms. The van der Waals surface area contributed by atoms with Gasteiger partial charge >= 0.3 is 0 Å². The van der Waals surface area contributed by atoms with Gasteiger partial charge in [0.15, 0.2) is 5.79 Å². The average molecular weight is 381 g/mol. The summed E-state index contributed by atoms with van der Waals surface area (Å²) < 4.78 is 13.3. The van der Waals surface area contributed by atoms with Gasteiger partial charge in [-0.1, -0.05) is 41.0 Å². The topological polar surface area (TPSA) is 18.5 Å². The summed E-state index contributed by atoms with van der Waals surface area (Å²) in [5.41, 5.74) is 1.12. The fraction of sp³-hybridized carbons (Fsp3) is 0.692. The van der Waals surface area contributed by atoms with Gasteiger partial charge in [0.05, 0.1) is 3.79 Å². The van der Waals surface area contributed by atoms with Crippen molar-refractivity contribution in [2.75, 3.05) is 0 Å². The molecule has 0 spiro atoms. The summed E-state index contributed by atoms with van der Waals surface area (Å²) in [4.78, 5) is 0. The predicted molar refractivity (Wildman–Crippen MR) is 93.6 cm³/mol. The molecule has 0 aromatic carbocycles. The molecule has 0 aliphatic carbocycles. The van der Waals surface area contributed by atoms with Crippen LogP contribution in [-0.2, 0) is 14.6 Å². The molecule has 0 unspecified atom stereocenters. The summed E-state index contributed by atoms with van der Waals surface area (Å²) in [5, 5.41) is 2.09. The van der Waals surface area contributed by atoms with Gasteiger partial charge in [-0.15, -0.1) is 11.3 Å². The molecule has 6 heteroatoms. The third kappa shape index (κ3) is 2.67. The number of hydrogen-bond acceptors (Lipinski definition) is 3. The Morgan fingerprint density at radius 1 is 1.21 bits per heavy atom. The lowest BCUT2D eigenvalue weighted by Gasteiger charge is -2.53. The molecule has 1 rings (SSSR count). The molecule has 1 aromatic rings. The van der Waals surface area contributed by atoms with Crippen LogP contribution < -0.4 is 0 Å². The summed E-state index contributed by atoms with van der Waals surface area (Å²) in [6.07, 6.45) is 1.08. The van der Waals surface area contributed by atoms with E-state index in [0.717, 1.165) is 15.8 Å². The lowest BCUT2D eigenvalue weighted by Crippen LogP contribution is -2.53. The van der Waals surface area contributed by atoms with E-state index in [0.29, 0.717) is 21.0 Å². The molecule has 0 N–H and O–H groups in total. The highest BCUT2D eigenvalue weighted by molar-refractivity contribution is 9.11. The van der Waals surface area contributed by atoms with Crippen molar-refractivity contribution in [2.24, 2.45) is 10.8 Å². The number of hydrogen-bond donors (Lipinski definition) is 0. The minimum Gasteiger partial charge on any atom is -0.398 e. The van der Waals surface area contributed by atoms with Gasteiger partial charge in [-0.2, -0.15) is 0 Å². The third-order valence-electron chi connectivity index (χ3n) is 4.95. The SMILES string of the molecule is CCC(C)(C)C(C)(C)C(O[SiH3])(O[SiH3])c1ccsc1Br. The van der Waals surface area contributed by atoms with Crippen molar-refractivity contribution in [3.8, 4) is 0 Å². The summed E-state index contributed by atoms with van der Waals surface area (Å²) in [7, 11) is 1.30. The zero-order valence-electron chi connectivity index (χ0n) is 13.0. The van der Waals surface area contributed by atoms with E-state index in [4.69, 9.17) is 8.85 Å². The fourth-order valence-electron chi connectivity index (χ4n) is 2.57. The normalized spacial score (nSPS) is 16.7. The van der Waals surface area contributed by atoms with Gasteiger partial charge in [-0.25, -0.2) is 0 Å². The lowest BCUT2D eigenvalue weighted by molar-refractivity contribution is -0.235. The first-order valence-corrected chi connectivity index (χ1v) is 9.84. The van der Waals surface area contributed by atoms with Crippen molar-refractivity contribution in [2.45, 2.75) is 46.8 Å². The van der Waals surface area contributed by atoms with Crippen LogP contribution in [0, 0.1) is 10.8 Å². The van der Waals surface area contributed by atoms with Crippen molar-refractivity contribution >= 4 is 48.2 Å². The molecule has 0 aliphatic heterocycles. The molecule has 0 saturated carbocycles. The van der Waals surface area contributed by atoms with Crippen molar-refractivity contribution in [1.82, 2.24) is 0 Å². The Labute approximate surface area is 135 Å². The van der Waals surface area contributed by atoms with Crippen molar-refractivity contribution in [3.63, 3.8) is 0 Å². The molecule has 0 amide bonds. The van der Waals surface area contributed by atoms with Gasteiger partial charge in [-0.3, -0.25) is 0 Å². The maximum atomic E-state index is 6.09. The second kappa shape index (κ2) is 6.11. The first kappa shape index (κ1) is 17.6. The minimum absolute atomic E-state index is 0.114. The van der Waals surface area contributed by atoms with E-state index >= 15 is 0 Å². The third-order valence-corrected chi connectivity index (χ3v) is 7.78. The van der Waals surface area contributed by atoms with E-state index in [1.54, 1.807) is 11.3 Å². The lowest BCUT2D eigenvalue weighted by atomic mass is 9.60. The van der Waals surface area contributed by atoms with E-state index < -0.39 is 5.79 Å². The fourth-order valence-corrected chi connectivity index (χ4v) is 6.06. The van der Waals surface area contributed by atoms with Gasteiger partial charge in [0.2, 0.25) is 0 Å². The molecule has 0 fully saturated rings. The molecule has 2 nitrogen and oxygen atoms in total. The summed E-state index contributed by atoms with van der Waals surface area (Å²) in [6, 6.07) is 2.12. The highest BCUT2D eigenvalue weighted by atomic mass is 79.9. The largest absolute Gasteiger partial charge is 0.398 e. The summed E-state index contributed by atoms with van der Waals surface area (Å²) in [5.74, 6) is -0.635. The highest BCUT2D eigenvalue weighted by Gasteiger charge is 2.55. The van der Waals surface area contributed by atoms with Crippen LogP contribution >= 0.6 is 27.3 Å². The molecule has 1 aromatic heterocycles. The van der Waals surface area contributed by atoms with Crippen LogP contribution in [0.2, 0.25) is 0 Å². The van der Waals surface area contributed by atoms with Crippen LogP contribution in [0.15, 0.2) is 15.2 Å². The Morgan fingerprint density at radius 2 is 1.74 bits per heavy atom. The molecular formula is C13H25BrO2SSi2.